The molecule has 2 aromatic rings. The van der Waals surface area contributed by atoms with Gasteiger partial charge in [-0.15, -0.1) is 0 Å². The van der Waals surface area contributed by atoms with Gasteiger partial charge in [0, 0.05) is 11.1 Å². The molecule has 0 saturated heterocycles. The van der Waals surface area contributed by atoms with Gasteiger partial charge in [0.2, 0.25) is 6.29 Å². The van der Waals surface area contributed by atoms with Crippen LogP contribution in [-0.2, 0) is 4.74 Å². The molecule has 23 heavy (non-hydrogen) atoms. The van der Waals surface area contributed by atoms with E-state index in [0.717, 1.165) is 0 Å². The number of fused-ring (bicyclic) bond motifs is 1. The zero-order valence-corrected chi connectivity index (χ0v) is 12.1. The summed E-state index contributed by atoms with van der Waals surface area (Å²) in [5.41, 5.74) is 1.87. The van der Waals surface area contributed by atoms with Crippen molar-refractivity contribution in [1.82, 2.24) is 0 Å². The van der Waals surface area contributed by atoms with Crippen LogP contribution in [0.25, 0.3) is 11.1 Å². The summed E-state index contributed by atoms with van der Waals surface area (Å²) in [6, 6.07) is 9.18. The first-order valence-electron chi connectivity index (χ1n) is 6.80. The first kappa shape index (κ1) is 14.9. The lowest BCUT2D eigenvalue weighted by atomic mass is 9.95. The number of ether oxygens (including phenoxy) is 1. The third kappa shape index (κ3) is 2.49. The number of carboxylic acid groups (broad SMARTS) is 1. The van der Waals surface area contributed by atoms with Gasteiger partial charge in [0.1, 0.15) is 0 Å². The normalized spacial score (nSPS) is 15.9. The Kier molecular flexibility index (Phi) is 3.46. The van der Waals surface area contributed by atoms with Crippen molar-refractivity contribution in [2.24, 2.45) is 0 Å². The zero-order valence-electron chi connectivity index (χ0n) is 12.1. The first-order valence-corrected chi connectivity index (χ1v) is 6.80. The summed E-state index contributed by atoms with van der Waals surface area (Å²) in [5, 5.41) is 18.7. The van der Waals surface area contributed by atoms with Crippen LogP contribution in [0, 0.1) is 0 Å². The van der Waals surface area contributed by atoms with E-state index in [1.807, 2.05) is 0 Å². The standard InChI is InChI=1S/C17H12O6/c1-8(18)13-6-9(2-4-11(13)15(19)20)10-3-5-12-14(7-10)17(22)23-16(12)21/h2-7,16,21H,1H3,(H,19,20). The van der Waals surface area contributed by atoms with Gasteiger partial charge in [-0.2, -0.15) is 0 Å². The molecule has 0 amide bonds. The van der Waals surface area contributed by atoms with Crippen LogP contribution in [0.3, 0.4) is 0 Å². The topological polar surface area (TPSA) is 101 Å². The average molecular weight is 312 g/mol. The second-order valence-corrected chi connectivity index (χ2v) is 5.18. The Labute approximate surface area is 130 Å². The number of Topliss-reactive ketones (excluding diaryl/α,β-unsaturated/α-hetero) is 1. The van der Waals surface area contributed by atoms with Gasteiger partial charge in [-0.1, -0.05) is 18.2 Å². The minimum Gasteiger partial charge on any atom is -0.478 e. The summed E-state index contributed by atoms with van der Waals surface area (Å²) < 4.78 is 4.72. The smallest absolute Gasteiger partial charge is 0.341 e. The van der Waals surface area contributed by atoms with Crippen molar-refractivity contribution in [3.63, 3.8) is 0 Å². The van der Waals surface area contributed by atoms with Crippen molar-refractivity contribution in [3.05, 3.63) is 58.7 Å². The van der Waals surface area contributed by atoms with E-state index < -0.39 is 18.2 Å². The number of hydrogen-bond donors (Lipinski definition) is 2. The Morgan fingerprint density at radius 3 is 2.35 bits per heavy atom. The molecule has 0 aromatic heterocycles. The lowest BCUT2D eigenvalue weighted by Crippen LogP contribution is -2.06. The lowest BCUT2D eigenvalue weighted by molar-refractivity contribution is -0.0547. The van der Waals surface area contributed by atoms with E-state index in [0.29, 0.717) is 16.7 Å². The quantitative estimate of drug-likeness (QED) is 0.666. The second kappa shape index (κ2) is 5.33. The van der Waals surface area contributed by atoms with E-state index in [1.54, 1.807) is 24.3 Å². The van der Waals surface area contributed by atoms with Gasteiger partial charge in [-0.05, 0) is 36.2 Å². The maximum Gasteiger partial charge on any atom is 0.341 e. The number of cyclic esters (lactones) is 1. The predicted octanol–water partition coefficient (Wildman–Crippen LogP) is 2.42. The first-order chi connectivity index (χ1) is 10.9. The highest BCUT2D eigenvalue weighted by Gasteiger charge is 2.29. The molecule has 3 rings (SSSR count). The minimum atomic E-state index is -1.27. The number of carboxylic acids is 1. The van der Waals surface area contributed by atoms with Crippen LogP contribution in [0.15, 0.2) is 36.4 Å². The number of ketones is 1. The van der Waals surface area contributed by atoms with E-state index >= 15 is 0 Å². The van der Waals surface area contributed by atoms with Crippen LogP contribution in [0.4, 0.5) is 0 Å². The van der Waals surface area contributed by atoms with E-state index in [2.05, 4.69) is 0 Å². The Hall–Kier alpha value is -2.99. The lowest BCUT2D eigenvalue weighted by Gasteiger charge is -2.08. The molecule has 2 aromatic carbocycles. The van der Waals surface area contributed by atoms with E-state index in [-0.39, 0.29) is 22.5 Å². The highest BCUT2D eigenvalue weighted by molar-refractivity contribution is 6.05. The van der Waals surface area contributed by atoms with Gasteiger partial charge < -0.3 is 14.9 Å². The van der Waals surface area contributed by atoms with Gasteiger partial charge in [0.25, 0.3) is 0 Å². The van der Waals surface area contributed by atoms with Crippen molar-refractivity contribution in [2.45, 2.75) is 13.2 Å². The number of aliphatic hydroxyl groups is 1. The molecule has 1 aliphatic rings. The van der Waals surface area contributed by atoms with Crippen LogP contribution in [0.1, 0.15) is 49.9 Å². The van der Waals surface area contributed by atoms with Crippen LogP contribution >= 0.6 is 0 Å². The molecule has 1 aliphatic heterocycles. The predicted molar refractivity (Wildman–Crippen MR) is 79.2 cm³/mol. The Bertz CT molecular complexity index is 852. The van der Waals surface area contributed by atoms with Crippen molar-refractivity contribution >= 4 is 17.7 Å². The number of aliphatic hydroxyl groups excluding tert-OH is 1. The van der Waals surface area contributed by atoms with E-state index in [4.69, 9.17) is 9.84 Å². The highest BCUT2D eigenvalue weighted by Crippen LogP contribution is 2.32. The molecule has 6 heteroatoms. The molecular formula is C17H12O6. The number of rotatable bonds is 3. The third-order valence-corrected chi connectivity index (χ3v) is 3.72. The number of esters is 1. The molecule has 1 unspecified atom stereocenters. The number of aromatic carboxylic acids is 1. The molecule has 0 radical (unpaired) electrons. The van der Waals surface area contributed by atoms with Gasteiger partial charge in [-0.3, -0.25) is 4.79 Å². The fourth-order valence-electron chi connectivity index (χ4n) is 2.56. The van der Waals surface area contributed by atoms with Crippen LogP contribution < -0.4 is 0 Å². The van der Waals surface area contributed by atoms with Gasteiger partial charge in [-0.25, -0.2) is 9.59 Å². The fraction of sp³-hybridized carbons (Fsp3) is 0.118. The van der Waals surface area contributed by atoms with E-state index in [1.165, 1.54) is 19.1 Å². The van der Waals surface area contributed by atoms with Gasteiger partial charge >= 0.3 is 11.9 Å². The number of benzene rings is 2. The zero-order chi connectivity index (χ0) is 16.7. The molecule has 0 fully saturated rings. The maximum atomic E-state index is 11.7. The van der Waals surface area contributed by atoms with Gasteiger partial charge in [0.05, 0.1) is 11.1 Å². The summed E-state index contributed by atoms with van der Waals surface area (Å²) in [7, 11) is 0. The largest absolute Gasteiger partial charge is 0.478 e. The molecule has 0 spiro atoms. The number of carbonyl (C=O) groups is 3. The van der Waals surface area contributed by atoms with Crippen molar-refractivity contribution in [2.75, 3.05) is 0 Å². The number of hydrogen-bond acceptors (Lipinski definition) is 5. The summed E-state index contributed by atoms with van der Waals surface area (Å²) >= 11 is 0. The molecule has 0 saturated carbocycles. The summed E-state index contributed by atoms with van der Waals surface area (Å²) in [4.78, 5) is 34.5. The number of carbonyl (C=O) groups excluding carboxylic acids is 2. The minimum absolute atomic E-state index is 0.0720. The Morgan fingerprint density at radius 1 is 1.04 bits per heavy atom. The molecule has 0 bridgehead atoms. The molecule has 6 nitrogen and oxygen atoms in total. The monoisotopic (exact) mass is 312 g/mol. The van der Waals surface area contributed by atoms with Crippen LogP contribution in [0.5, 0.6) is 0 Å². The fourth-order valence-corrected chi connectivity index (χ4v) is 2.56. The molecule has 2 N–H and O–H groups in total. The Morgan fingerprint density at radius 2 is 1.70 bits per heavy atom. The van der Waals surface area contributed by atoms with Crippen LogP contribution in [-0.4, -0.2) is 27.9 Å². The molecule has 1 atom stereocenters. The van der Waals surface area contributed by atoms with Gasteiger partial charge in [0.15, 0.2) is 5.78 Å². The average Bonchev–Trinajstić information content (AvgIpc) is 2.80. The van der Waals surface area contributed by atoms with Crippen LogP contribution in [0.2, 0.25) is 0 Å². The summed E-state index contributed by atoms with van der Waals surface area (Å²) in [5.74, 6) is -2.16. The molecule has 116 valence electrons. The van der Waals surface area contributed by atoms with E-state index in [9.17, 15) is 19.5 Å². The van der Waals surface area contributed by atoms with Crippen molar-refractivity contribution in [3.8, 4) is 11.1 Å². The highest BCUT2D eigenvalue weighted by atomic mass is 16.6. The molecule has 1 heterocycles. The van der Waals surface area contributed by atoms with Crippen molar-refractivity contribution < 1.29 is 29.3 Å². The molecular weight excluding hydrogens is 300 g/mol. The second-order valence-electron chi connectivity index (χ2n) is 5.18. The SMILES string of the molecule is CC(=O)c1cc(-c2ccc3c(c2)C(=O)OC3O)ccc1C(=O)O. The maximum absolute atomic E-state index is 11.7. The molecule has 0 aliphatic carbocycles. The Balaban J connectivity index is 2.11. The van der Waals surface area contributed by atoms with Crippen molar-refractivity contribution in [1.29, 1.82) is 0 Å². The summed E-state index contributed by atoms with van der Waals surface area (Å²) in [6.45, 7) is 1.29. The summed E-state index contributed by atoms with van der Waals surface area (Å²) in [6.07, 6.45) is -1.27. The third-order valence-electron chi connectivity index (χ3n) is 3.72.